The summed E-state index contributed by atoms with van der Waals surface area (Å²) in [5, 5.41) is 3.83. The topological polar surface area (TPSA) is 82.7 Å². The predicted octanol–water partition coefficient (Wildman–Crippen LogP) is 2.61. The van der Waals surface area contributed by atoms with E-state index in [1.54, 1.807) is 7.11 Å². The predicted molar refractivity (Wildman–Crippen MR) is 123 cm³/mol. The lowest BCUT2D eigenvalue weighted by Crippen LogP contribution is -2.51. The van der Waals surface area contributed by atoms with Crippen molar-refractivity contribution in [2.24, 2.45) is 0 Å². The number of nitrogens with zero attached hydrogens (tertiary/aromatic N) is 1. The van der Waals surface area contributed by atoms with Crippen molar-refractivity contribution >= 4 is 23.4 Å². The van der Waals surface area contributed by atoms with Gasteiger partial charge in [-0.1, -0.05) is 41.9 Å². The van der Waals surface area contributed by atoms with Crippen LogP contribution in [-0.4, -0.2) is 49.0 Å². The number of para-hydroxylation sites is 1. The zero-order valence-corrected chi connectivity index (χ0v) is 18.9. The molecule has 2 aromatic carbocycles. The first-order chi connectivity index (χ1) is 15.5. The highest BCUT2D eigenvalue weighted by atomic mass is 35.5. The van der Waals surface area contributed by atoms with Gasteiger partial charge in [0.2, 0.25) is 11.8 Å². The van der Waals surface area contributed by atoms with Crippen molar-refractivity contribution in [3.8, 4) is 5.75 Å². The quantitative estimate of drug-likeness (QED) is 0.622. The van der Waals surface area contributed by atoms with Crippen LogP contribution in [0.4, 0.5) is 0 Å². The zero-order chi connectivity index (χ0) is 22.5. The summed E-state index contributed by atoms with van der Waals surface area (Å²) in [4.78, 5) is 27.3. The first-order valence-electron chi connectivity index (χ1n) is 11.0. The average Bonchev–Trinajstić information content (AvgIpc) is 3.30. The highest BCUT2D eigenvalue weighted by molar-refractivity contribution is 6.30. The molecule has 2 aliphatic rings. The van der Waals surface area contributed by atoms with Gasteiger partial charge >= 0.3 is 0 Å². The molecule has 4 rings (SSSR count). The Morgan fingerprint density at radius 1 is 1.12 bits per heavy atom. The van der Waals surface area contributed by atoms with Gasteiger partial charge in [-0.2, -0.15) is 0 Å². The number of carbonyl (C=O) groups is 2. The van der Waals surface area contributed by atoms with Crippen LogP contribution < -0.4 is 20.9 Å². The largest absolute Gasteiger partial charge is 0.496 e. The van der Waals surface area contributed by atoms with Crippen LogP contribution in [0.3, 0.4) is 0 Å². The number of halogens is 1. The normalized spacial score (nSPS) is 21.4. The highest BCUT2D eigenvalue weighted by Crippen LogP contribution is 2.25. The van der Waals surface area contributed by atoms with E-state index in [1.807, 2.05) is 53.4 Å². The van der Waals surface area contributed by atoms with E-state index in [0.717, 1.165) is 29.7 Å². The smallest absolute Gasteiger partial charge is 0.238 e. The zero-order valence-electron chi connectivity index (χ0n) is 18.1. The van der Waals surface area contributed by atoms with E-state index >= 15 is 0 Å². The van der Waals surface area contributed by atoms with Gasteiger partial charge in [-0.3, -0.25) is 9.59 Å². The molecule has 2 unspecified atom stereocenters. The molecule has 0 radical (unpaired) electrons. The monoisotopic (exact) mass is 456 g/mol. The van der Waals surface area contributed by atoms with E-state index in [4.69, 9.17) is 16.3 Å². The fraction of sp³-hybridized carbons (Fsp3) is 0.417. The van der Waals surface area contributed by atoms with E-state index < -0.39 is 0 Å². The Labute approximate surface area is 193 Å². The molecular formula is C24H29ClN4O3. The van der Waals surface area contributed by atoms with Crippen molar-refractivity contribution in [1.82, 2.24) is 21.1 Å². The third kappa shape index (κ3) is 5.41. The SMILES string of the molecule is COc1ccccc1CC(=O)N1CCC(NC(=O)C2CC(c3cccc(Cl)c3)NN2)CC1. The highest BCUT2D eigenvalue weighted by Gasteiger charge is 2.32. The maximum Gasteiger partial charge on any atom is 0.238 e. The van der Waals surface area contributed by atoms with Crippen LogP contribution >= 0.6 is 11.6 Å². The molecule has 0 saturated carbocycles. The molecule has 2 saturated heterocycles. The Morgan fingerprint density at radius 2 is 1.91 bits per heavy atom. The van der Waals surface area contributed by atoms with Crippen LogP contribution in [0.2, 0.25) is 5.02 Å². The fourth-order valence-corrected chi connectivity index (χ4v) is 4.57. The van der Waals surface area contributed by atoms with Gasteiger partial charge in [0.05, 0.1) is 13.5 Å². The first kappa shape index (κ1) is 22.6. The number of benzene rings is 2. The Kier molecular flexibility index (Phi) is 7.29. The van der Waals surface area contributed by atoms with Crippen LogP contribution in [0.25, 0.3) is 0 Å². The van der Waals surface area contributed by atoms with Crippen molar-refractivity contribution in [1.29, 1.82) is 0 Å². The van der Waals surface area contributed by atoms with Gasteiger partial charge in [-0.05, 0) is 43.0 Å². The molecule has 8 heteroatoms. The van der Waals surface area contributed by atoms with Gasteiger partial charge in [0.15, 0.2) is 0 Å². The molecular weight excluding hydrogens is 428 g/mol. The van der Waals surface area contributed by atoms with Gasteiger partial charge in [0.25, 0.3) is 0 Å². The second-order valence-electron chi connectivity index (χ2n) is 8.34. The summed E-state index contributed by atoms with van der Waals surface area (Å²) in [5.41, 5.74) is 8.24. The maximum absolute atomic E-state index is 12.8. The lowest BCUT2D eigenvalue weighted by Gasteiger charge is -2.33. The fourth-order valence-electron chi connectivity index (χ4n) is 4.37. The number of carbonyl (C=O) groups excluding carboxylic acids is 2. The molecule has 0 spiro atoms. The second kappa shape index (κ2) is 10.3. The summed E-state index contributed by atoms with van der Waals surface area (Å²) >= 11 is 6.08. The summed E-state index contributed by atoms with van der Waals surface area (Å²) < 4.78 is 5.35. The van der Waals surface area contributed by atoms with Gasteiger partial charge in [0.1, 0.15) is 11.8 Å². The summed E-state index contributed by atoms with van der Waals surface area (Å²) in [6.07, 6.45) is 2.48. The Balaban J connectivity index is 1.23. The molecule has 3 N–H and O–H groups in total. The van der Waals surface area contributed by atoms with E-state index in [9.17, 15) is 9.59 Å². The number of ether oxygens (including phenoxy) is 1. The Morgan fingerprint density at radius 3 is 2.66 bits per heavy atom. The van der Waals surface area contributed by atoms with E-state index in [2.05, 4.69) is 16.2 Å². The number of hydrazine groups is 1. The Hall–Kier alpha value is -2.61. The van der Waals surface area contributed by atoms with Gasteiger partial charge in [-0.15, -0.1) is 0 Å². The molecule has 170 valence electrons. The number of amides is 2. The van der Waals surface area contributed by atoms with Gasteiger partial charge in [-0.25, -0.2) is 10.9 Å². The minimum absolute atomic E-state index is 0.0131. The lowest BCUT2D eigenvalue weighted by atomic mass is 10.00. The number of nitrogens with one attached hydrogen (secondary N) is 3. The third-order valence-electron chi connectivity index (χ3n) is 6.20. The molecule has 32 heavy (non-hydrogen) atoms. The summed E-state index contributed by atoms with van der Waals surface area (Å²) in [6.45, 7) is 1.28. The van der Waals surface area contributed by atoms with Crippen LogP contribution in [-0.2, 0) is 16.0 Å². The maximum atomic E-state index is 12.8. The number of methoxy groups -OCH3 is 1. The molecule has 0 aliphatic carbocycles. The molecule has 2 heterocycles. The lowest BCUT2D eigenvalue weighted by molar-refractivity contribution is -0.131. The van der Waals surface area contributed by atoms with Gasteiger partial charge < -0.3 is 15.0 Å². The van der Waals surface area contributed by atoms with E-state index in [0.29, 0.717) is 31.0 Å². The minimum Gasteiger partial charge on any atom is -0.496 e. The van der Waals surface area contributed by atoms with Crippen molar-refractivity contribution in [3.05, 3.63) is 64.7 Å². The molecule has 2 aromatic rings. The number of hydrogen-bond acceptors (Lipinski definition) is 5. The van der Waals surface area contributed by atoms with Gasteiger partial charge in [0, 0.05) is 35.8 Å². The number of likely N-dealkylation sites (tertiary alicyclic amines) is 1. The Bertz CT molecular complexity index is 962. The number of piperidine rings is 1. The second-order valence-corrected chi connectivity index (χ2v) is 8.77. The van der Waals surface area contributed by atoms with Crippen molar-refractivity contribution in [2.75, 3.05) is 20.2 Å². The number of rotatable bonds is 6. The average molecular weight is 457 g/mol. The van der Waals surface area contributed by atoms with Crippen LogP contribution in [0.5, 0.6) is 5.75 Å². The van der Waals surface area contributed by atoms with E-state index in [1.165, 1.54) is 0 Å². The molecule has 2 amide bonds. The molecule has 2 fully saturated rings. The molecule has 7 nitrogen and oxygen atoms in total. The van der Waals surface area contributed by atoms with Crippen LogP contribution in [0.1, 0.15) is 36.4 Å². The van der Waals surface area contributed by atoms with Crippen molar-refractivity contribution < 1.29 is 14.3 Å². The molecule has 2 atom stereocenters. The van der Waals surface area contributed by atoms with Crippen LogP contribution in [0, 0.1) is 0 Å². The third-order valence-corrected chi connectivity index (χ3v) is 6.43. The first-order valence-corrected chi connectivity index (χ1v) is 11.4. The summed E-state index contributed by atoms with van der Waals surface area (Å²) in [7, 11) is 1.61. The molecule has 0 aromatic heterocycles. The minimum atomic E-state index is -0.302. The standard InChI is InChI=1S/C24H29ClN4O3/c1-32-22-8-3-2-5-17(22)14-23(30)29-11-9-19(10-12-29)26-24(31)21-15-20(27-28-21)16-6-4-7-18(25)13-16/h2-8,13,19-21,27-28H,9-12,14-15H2,1H3,(H,26,31). The number of hydrogen-bond donors (Lipinski definition) is 3. The molecule has 0 bridgehead atoms. The summed E-state index contributed by atoms with van der Waals surface area (Å²) in [5.74, 6) is 0.808. The summed E-state index contributed by atoms with van der Waals surface area (Å²) in [6, 6.07) is 15.1. The molecule has 2 aliphatic heterocycles. The van der Waals surface area contributed by atoms with Crippen molar-refractivity contribution in [2.45, 2.75) is 43.8 Å². The van der Waals surface area contributed by atoms with Crippen molar-refractivity contribution in [3.63, 3.8) is 0 Å². The van der Waals surface area contributed by atoms with E-state index in [-0.39, 0.29) is 29.9 Å². The van der Waals surface area contributed by atoms with Crippen LogP contribution in [0.15, 0.2) is 48.5 Å².